The van der Waals surface area contributed by atoms with E-state index in [9.17, 15) is 13.2 Å². The van der Waals surface area contributed by atoms with Crippen molar-refractivity contribution in [1.29, 1.82) is 0 Å². The molecule has 0 radical (unpaired) electrons. The fraction of sp³-hybridized carbons (Fsp3) is 0.500. The maximum atomic E-state index is 13.4. The summed E-state index contributed by atoms with van der Waals surface area (Å²) in [5, 5.41) is 0. The van der Waals surface area contributed by atoms with Gasteiger partial charge in [-0.1, -0.05) is 12.1 Å². The first kappa shape index (κ1) is 24.5. The van der Waals surface area contributed by atoms with Crippen LogP contribution >= 0.6 is 0 Å². The Balaban J connectivity index is 1.36. The van der Waals surface area contributed by atoms with Crippen LogP contribution < -0.4 is 9.47 Å². The highest BCUT2D eigenvalue weighted by Crippen LogP contribution is 2.30. The molecular formula is C26H34N2O5S. The van der Waals surface area contributed by atoms with Gasteiger partial charge in [0.25, 0.3) is 0 Å². The smallest absolute Gasteiger partial charge is 0.243 e. The van der Waals surface area contributed by atoms with Crippen molar-refractivity contribution in [3.63, 3.8) is 0 Å². The molecule has 184 valence electrons. The summed E-state index contributed by atoms with van der Waals surface area (Å²) in [6.07, 6.45) is 3.92. The van der Waals surface area contributed by atoms with Crippen molar-refractivity contribution in [1.82, 2.24) is 9.21 Å². The van der Waals surface area contributed by atoms with Crippen LogP contribution in [0.3, 0.4) is 0 Å². The summed E-state index contributed by atoms with van der Waals surface area (Å²) in [5.41, 5.74) is 1.17. The number of ether oxygens (including phenoxy) is 2. The lowest BCUT2D eigenvalue weighted by atomic mass is 9.95. The number of rotatable bonds is 8. The molecule has 0 saturated carbocycles. The third-order valence-electron chi connectivity index (χ3n) is 6.84. The van der Waals surface area contributed by atoms with Crippen LogP contribution in [-0.4, -0.2) is 62.9 Å². The van der Waals surface area contributed by atoms with Crippen LogP contribution in [0.15, 0.2) is 53.4 Å². The Labute approximate surface area is 202 Å². The van der Waals surface area contributed by atoms with E-state index in [1.807, 2.05) is 30.0 Å². The molecule has 0 aliphatic carbocycles. The molecule has 0 bridgehead atoms. The molecule has 2 fully saturated rings. The van der Waals surface area contributed by atoms with Gasteiger partial charge in [-0.15, -0.1) is 0 Å². The molecule has 0 aromatic heterocycles. The Morgan fingerprint density at radius 2 is 1.74 bits per heavy atom. The number of benzene rings is 2. The van der Waals surface area contributed by atoms with Crippen molar-refractivity contribution in [2.24, 2.45) is 5.92 Å². The first-order valence-electron chi connectivity index (χ1n) is 12.1. The maximum Gasteiger partial charge on any atom is 0.243 e. The van der Waals surface area contributed by atoms with E-state index in [0.717, 1.165) is 31.6 Å². The van der Waals surface area contributed by atoms with Crippen molar-refractivity contribution in [2.75, 3.05) is 33.4 Å². The number of amides is 1. The van der Waals surface area contributed by atoms with E-state index in [4.69, 9.17) is 9.47 Å². The lowest BCUT2D eigenvalue weighted by Gasteiger charge is -2.34. The molecule has 2 aliphatic rings. The number of methoxy groups -OCH3 is 1. The second kappa shape index (κ2) is 10.8. The Morgan fingerprint density at radius 1 is 1.00 bits per heavy atom. The minimum absolute atomic E-state index is 0.127. The zero-order chi connectivity index (χ0) is 24.1. The van der Waals surface area contributed by atoms with Crippen molar-refractivity contribution < 1.29 is 22.7 Å². The molecule has 2 saturated heterocycles. The summed E-state index contributed by atoms with van der Waals surface area (Å²) in [6, 6.07) is 14.7. The van der Waals surface area contributed by atoms with Gasteiger partial charge >= 0.3 is 0 Å². The van der Waals surface area contributed by atoms with E-state index in [0.29, 0.717) is 38.3 Å². The number of piperidine rings is 1. The van der Waals surface area contributed by atoms with Crippen LogP contribution in [0.5, 0.6) is 11.5 Å². The number of sulfonamides is 1. The van der Waals surface area contributed by atoms with E-state index < -0.39 is 10.0 Å². The first-order chi connectivity index (χ1) is 16.4. The number of nitrogens with zero attached hydrogens (tertiary/aromatic N) is 2. The normalized spacial score (nSPS) is 19.8. The van der Waals surface area contributed by atoms with Crippen LogP contribution in [0.1, 0.15) is 38.2 Å². The van der Waals surface area contributed by atoms with Gasteiger partial charge in [0.2, 0.25) is 15.9 Å². The predicted molar refractivity (Wildman–Crippen MR) is 131 cm³/mol. The van der Waals surface area contributed by atoms with Crippen LogP contribution in [0.4, 0.5) is 0 Å². The molecule has 1 atom stereocenters. The molecule has 0 N–H and O–H groups in total. The summed E-state index contributed by atoms with van der Waals surface area (Å²) < 4.78 is 38.4. The lowest BCUT2D eigenvalue weighted by Crippen LogP contribution is -2.46. The molecule has 1 unspecified atom stereocenters. The van der Waals surface area contributed by atoms with Gasteiger partial charge in [-0.2, -0.15) is 4.31 Å². The molecule has 34 heavy (non-hydrogen) atoms. The molecule has 4 rings (SSSR count). The van der Waals surface area contributed by atoms with Crippen molar-refractivity contribution in [2.45, 2.75) is 50.0 Å². The molecule has 7 nitrogen and oxygen atoms in total. The molecule has 1 amide bonds. The van der Waals surface area contributed by atoms with Crippen molar-refractivity contribution in [3.05, 3.63) is 54.1 Å². The fourth-order valence-corrected chi connectivity index (χ4v) is 6.48. The average molecular weight is 487 g/mol. The second-order valence-corrected chi connectivity index (χ2v) is 10.9. The number of hydrogen-bond donors (Lipinski definition) is 0. The zero-order valence-electron chi connectivity index (χ0n) is 20.0. The molecule has 8 heteroatoms. The highest BCUT2D eigenvalue weighted by Gasteiger charge is 2.37. The van der Waals surface area contributed by atoms with Crippen molar-refractivity contribution >= 4 is 15.9 Å². The molecule has 0 spiro atoms. The highest BCUT2D eigenvalue weighted by atomic mass is 32.2. The topological polar surface area (TPSA) is 76.2 Å². The van der Waals surface area contributed by atoms with Crippen molar-refractivity contribution in [3.8, 4) is 11.5 Å². The van der Waals surface area contributed by atoms with Crippen LogP contribution in [-0.2, 0) is 21.2 Å². The van der Waals surface area contributed by atoms with E-state index >= 15 is 0 Å². The summed E-state index contributed by atoms with van der Waals surface area (Å²) in [6.45, 7) is 3.92. The van der Waals surface area contributed by atoms with E-state index in [1.54, 1.807) is 31.4 Å². The van der Waals surface area contributed by atoms with Gasteiger partial charge in [-0.25, -0.2) is 8.42 Å². The highest BCUT2D eigenvalue weighted by molar-refractivity contribution is 7.89. The third-order valence-corrected chi connectivity index (χ3v) is 8.75. The minimum atomic E-state index is -3.58. The molecular weight excluding hydrogens is 452 g/mol. The molecule has 2 aliphatic heterocycles. The summed E-state index contributed by atoms with van der Waals surface area (Å²) >= 11 is 0. The van der Waals surface area contributed by atoms with Gasteiger partial charge in [-0.05, 0) is 81.0 Å². The number of likely N-dealkylation sites (tertiary alicyclic amines) is 1. The molecule has 2 aromatic carbocycles. The predicted octanol–water partition coefficient (Wildman–Crippen LogP) is 3.73. The summed E-state index contributed by atoms with van der Waals surface area (Å²) in [5.74, 6) is 1.52. The molecule has 2 heterocycles. The summed E-state index contributed by atoms with van der Waals surface area (Å²) in [7, 11) is -1.92. The Hall–Kier alpha value is -2.58. The maximum absolute atomic E-state index is 13.4. The molecule has 2 aromatic rings. The largest absolute Gasteiger partial charge is 0.497 e. The SMILES string of the molecule is CCOc1ccc(S(=O)(=O)N2CCC(C(=O)N3CCCC3Cc3cccc(OC)c3)CC2)cc1. The Bertz CT molecular complexity index is 1080. The van der Waals surface area contributed by atoms with Gasteiger partial charge in [0.15, 0.2) is 0 Å². The summed E-state index contributed by atoms with van der Waals surface area (Å²) in [4.78, 5) is 15.7. The van der Waals surface area contributed by atoms with Crippen LogP contribution in [0.2, 0.25) is 0 Å². The van der Waals surface area contributed by atoms with E-state index in [1.165, 1.54) is 9.87 Å². The van der Waals surface area contributed by atoms with Gasteiger partial charge in [0.1, 0.15) is 11.5 Å². The zero-order valence-corrected chi connectivity index (χ0v) is 20.8. The fourth-order valence-electron chi connectivity index (χ4n) is 5.01. The van der Waals surface area contributed by atoms with Gasteiger partial charge in [0, 0.05) is 31.6 Å². The van der Waals surface area contributed by atoms with E-state index in [-0.39, 0.29) is 22.8 Å². The van der Waals surface area contributed by atoms with Crippen LogP contribution in [0.25, 0.3) is 0 Å². The minimum Gasteiger partial charge on any atom is -0.497 e. The number of hydrogen-bond acceptors (Lipinski definition) is 5. The number of carbonyl (C=O) groups is 1. The second-order valence-electron chi connectivity index (χ2n) is 8.97. The standard InChI is InChI=1S/C26H34N2O5S/c1-3-33-23-9-11-25(12-10-23)34(30,31)27-16-13-21(14-17-27)26(29)28-15-5-7-22(28)18-20-6-4-8-24(19-20)32-2/h4,6,8-12,19,21-22H,3,5,7,13-18H2,1-2H3. The third kappa shape index (κ3) is 5.39. The quantitative estimate of drug-likeness (QED) is 0.568. The van der Waals surface area contributed by atoms with Crippen LogP contribution in [0, 0.1) is 5.92 Å². The Kier molecular flexibility index (Phi) is 7.78. The van der Waals surface area contributed by atoms with Gasteiger partial charge in [0.05, 0.1) is 18.6 Å². The van der Waals surface area contributed by atoms with Gasteiger partial charge in [-0.3, -0.25) is 4.79 Å². The van der Waals surface area contributed by atoms with Gasteiger partial charge < -0.3 is 14.4 Å². The lowest BCUT2D eigenvalue weighted by molar-refractivity contribution is -0.137. The number of carbonyl (C=O) groups excluding carboxylic acids is 1. The first-order valence-corrected chi connectivity index (χ1v) is 13.5. The average Bonchev–Trinajstić information content (AvgIpc) is 3.32. The Morgan fingerprint density at radius 3 is 2.41 bits per heavy atom. The monoisotopic (exact) mass is 486 g/mol. The van der Waals surface area contributed by atoms with E-state index in [2.05, 4.69) is 6.07 Å².